The van der Waals surface area contributed by atoms with E-state index in [1.165, 1.54) is 6.07 Å². The monoisotopic (exact) mass is 234 g/mol. The fourth-order valence-corrected chi connectivity index (χ4v) is 2.02. The van der Waals surface area contributed by atoms with Crippen LogP contribution in [0.3, 0.4) is 0 Å². The number of rotatable bonds is 3. The average molecular weight is 234 g/mol. The Morgan fingerprint density at radius 2 is 1.64 bits per heavy atom. The second kappa shape index (κ2) is 4.34. The molecular formula is C7H6O5S2. The molecule has 0 fully saturated rings. The second-order valence-electron chi connectivity index (χ2n) is 2.38. The van der Waals surface area contributed by atoms with E-state index in [-0.39, 0.29) is 15.4 Å². The fraction of sp³-hybridized carbons (Fsp3) is 0. The van der Waals surface area contributed by atoms with Crippen molar-refractivity contribution in [3.05, 3.63) is 23.8 Å². The van der Waals surface area contributed by atoms with Crippen LogP contribution in [0.2, 0.25) is 0 Å². The SMILES string of the molecule is O=Cc1ccc([SH](=O)=O)cc1[SH](=O)=O. The van der Waals surface area contributed by atoms with E-state index in [1.807, 2.05) is 0 Å². The first-order chi connectivity index (χ1) is 6.56. The molecular weight excluding hydrogens is 228 g/mol. The third-order valence-corrected chi connectivity index (χ3v) is 3.03. The number of hydrogen-bond donors (Lipinski definition) is 2. The van der Waals surface area contributed by atoms with E-state index in [4.69, 9.17) is 0 Å². The van der Waals surface area contributed by atoms with Gasteiger partial charge in [-0.2, -0.15) is 0 Å². The molecule has 0 aliphatic rings. The summed E-state index contributed by atoms with van der Waals surface area (Å²) in [6, 6.07) is 3.30. The van der Waals surface area contributed by atoms with E-state index < -0.39 is 21.4 Å². The number of thiol groups is 2. The summed E-state index contributed by atoms with van der Waals surface area (Å²) in [5, 5.41) is 0. The molecule has 0 N–H and O–H groups in total. The van der Waals surface area contributed by atoms with Gasteiger partial charge in [-0.05, 0) is 18.2 Å². The van der Waals surface area contributed by atoms with Crippen molar-refractivity contribution in [1.82, 2.24) is 0 Å². The van der Waals surface area contributed by atoms with Crippen LogP contribution in [0.4, 0.5) is 0 Å². The zero-order valence-electron chi connectivity index (χ0n) is 6.75. The third kappa shape index (κ3) is 2.18. The number of hydrogen-bond acceptors (Lipinski definition) is 5. The van der Waals surface area contributed by atoms with Crippen molar-refractivity contribution >= 4 is 27.7 Å². The zero-order chi connectivity index (χ0) is 10.7. The molecule has 0 aromatic heterocycles. The predicted octanol–water partition coefficient (Wildman–Crippen LogP) is -0.560. The third-order valence-electron chi connectivity index (χ3n) is 1.55. The van der Waals surface area contributed by atoms with Gasteiger partial charge < -0.3 is 0 Å². The first kappa shape index (κ1) is 10.9. The molecule has 7 heteroatoms. The summed E-state index contributed by atoms with van der Waals surface area (Å²) in [5.41, 5.74) is -0.0401. The number of benzene rings is 1. The van der Waals surface area contributed by atoms with Gasteiger partial charge in [-0.25, -0.2) is 16.8 Å². The van der Waals surface area contributed by atoms with Crippen molar-refractivity contribution in [2.24, 2.45) is 0 Å². The summed E-state index contributed by atoms with van der Waals surface area (Å²) in [7, 11) is -5.80. The van der Waals surface area contributed by atoms with Crippen LogP contribution >= 0.6 is 0 Å². The normalized spacial score (nSPS) is 10.7. The zero-order valence-corrected chi connectivity index (χ0v) is 8.53. The van der Waals surface area contributed by atoms with Crippen molar-refractivity contribution in [1.29, 1.82) is 0 Å². The minimum absolute atomic E-state index is 0.0401. The van der Waals surface area contributed by atoms with Gasteiger partial charge >= 0.3 is 0 Å². The first-order valence-corrected chi connectivity index (χ1v) is 5.79. The summed E-state index contributed by atoms with van der Waals surface area (Å²) < 4.78 is 42.3. The molecule has 1 rings (SSSR count). The Bertz CT molecular complexity index is 497. The Hall–Kier alpha value is -1.21. The van der Waals surface area contributed by atoms with Crippen LogP contribution < -0.4 is 0 Å². The highest BCUT2D eigenvalue weighted by molar-refractivity contribution is 7.73. The van der Waals surface area contributed by atoms with Crippen LogP contribution in [0, 0.1) is 0 Å². The van der Waals surface area contributed by atoms with E-state index in [1.54, 1.807) is 0 Å². The lowest BCUT2D eigenvalue weighted by atomic mass is 10.2. The maximum atomic E-state index is 10.6. The van der Waals surface area contributed by atoms with Crippen molar-refractivity contribution in [3.63, 3.8) is 0 Å². The smallest absolute Gasteiger partial charge is 0.169 e. The summed E-state index contributed by atoms with van der Waals surface area (Å²) in [5.74, 6) is 0. The molecule has 14 heavy (non-hydrogen) atoms. The molecule has 1 aromatic rings. The minimum Gasteiger partial charge on any atom is -0.298 e. The van der Waals surface area contributed by atoms with Crippen LogP contribution in [0.15, 0.2) is 28.0 Å². The Kier molecular flexibility index (Phi) is 3.37. The molecule has 0 heterocycles. The fourth-order valence-electron chi connectivity index (χ4n) is 0.903. The number of aldehydes is 1. The van der Waals surface area contributed by atoms with Crippen LogP contribution in [0.1, 0.15) is 10.4 Å². The standard InChI is InChI=1S/C7H6O5S2/c8-4-5-1-2-6(13(9)10)3-7(5)14(11)12/h1-4,13-14H. The van der Waals surface area contributed by atoms with Crippen molar-refractivity contribution in [3.8, 4) is 0 Å². The lowest BCUT2D eigenvalue weighted by Gasteiger charge is -1.96. The Morgan fingerprint density at radius 1 is 1.00 bits per heavy atom. The van der Waals surface area contributed by atoms with E-state index in [9.17, 15) is 21.6 Å². The van der Waals surface area contributed by atoms with E-state index in [0.717, 1.165) is 12.1 Å². The van der Waals surface area contributed by atoms with Crippen molar-refractivity contribution < 1.29 is 21.6 Å². The summed E-state index contributed by atoms with van der Waals surface area (Å²) in [6.07, 6.45) is 0.363. The van der Waals surface area contributed by atoms with Gasteiger partial charge in [-0.1, -0.05) is 0 Å². The molecule has 0 amide bonds. The predicted molar refractivity (Wildman–Crippen MR) is 49.0 cm³/mol. The Balaban J connectivity index is 3.50. The molecule has 0 radical (unpaired) electrons. The summed E-state index contributed by atoms with van der Waals surface area (Å²) in [6.45, 7) is 0. The largest absolute Gasteiger partial charge is 0.298 e. The molecule has 0 unspecified atom stereocenters. The average Bonchev–Trinajstić information content (AvgIpc) is 2.16. The van der Waals surface area contributed by atoms with Gasteiger partial charge in [0, 0.05) is 5.56 Å². The quantitative estimate of drug-likeness (QED) is 0.541. The van der Waals surface area contributed by atoms with Crippen LogP contribution in [0.5, 0.6) is 0 Å². The lowest BCUT2D eigenvalue weighted by molar-refractivity contribution is 0.112. The highest BCUT2D eigenvalue weighted by Gasteiger charge is 2.06. The van der Waals surface area contributed by atoms with Crippen molar-refractivity contribution in [2.45, 2.75) is 9.79 Å². The molecule has 0 spiro atoms. The summed E-state index contributed by atoms with van der Waals surface area (Å²) >= 11 is 0. The van der Waals surface area contributed by atoms with Crippen LogP contribution in [-0.4, -0.2) is 23.1 Å². The van der Waals surface area contributed by atoms with E-state index >= 15 is 0 Å². The Morgan fingerprint density at radius 3 is 2.07 bits per heavy atom. The van der Waals surface area contributed by atoms with Crippen LogP contribution in [0.25, 0.3) is 0 Å². The first-order valence-electron chi connectivity index (χ1n) is 3.44. The molecule has 0 bridgehead atoms. The van der Waals surface area contributed by atoms with Gasteiger partial charge in [0.25, 0.3) is 0 Å². The Labute approximate surface area is 83.3 Å². The molecule has 0 saturated heterocycles. The molecule has 0 aliphatic heterocycles. The van der Waals surface area contributed by atoms with E-state index in [0.29, 0.717) is 6.29 Å². The van der Waals surface area contributed by atoms with Gasteiger partial charge in [0.05, 0.1) is 9.79 Å². The van der Waals surface area contributed by atoms with Crippen LogP contribution in [-0.2, 0) is 21.4 Å². The van der Waals surface area contributed by atoms with Gasteiger partial charge in [0.1, 0.15) is 0 Å². The van der Waals surface area contributed by atoms with Gasteiger partial charge in [0.15, 0.2) is 27.7 Å². The molecule has 76 valence electrons. The van der Waals surface area contributed by atoms with Crippen molar-refractivity contribution in [2.75, 3.05) is 0 Å². The molecule has 0 atom stereocenters. The van der Waals surface area contributed by atoms with E-state index in [2.05, 4.69) is 0 Å². The number of carbonyl (C=O) groups excluding carboxylic acids is 1. The molecule has 0 saturated carbocycles. The lowest BCUT2D eigenvalue weighted by Crippen LogP contribution is -1.92. The molecule has 0 aliphatic carbocycles. The van der Waals surface area contributed by atoms with Gasteiger partial charge in [-0.15, -0.1) is 0 Å². The van der Waals surface area contributed by atoms with Gasteiger partial charge in [-0.3, -0.25) is 4.79 Å². The topological polar surface area (TPSA) is 85.3 Å². The number of carbonyl (C=O) groups is 1. The highest BCUT2D eigenvalue weighted by Crippen LogP contribution is 2.12. The van der Waals surface area contributed by atoms with Gasteiger partial charge in [0.2, 0.25) is 0 Å². The molecule has 5 nitrogen and oxygen atoms in total. The molecule has 1 aromatic carbocycles. The summed E-state index contributed by atoms with van der Waals surface area (Å²) in [4.78, 5) is 10.00. The minimum atomic E-state index is -2.96. The second-order valence-corrected chi connectivity index (χ2v) is 4.40. The highest BCUT2D eigenvalue weighted by atomic mass is 32.2. The maximum Gasteiger partial charge on any atom is 0.169 e. The maximum absolute atomic E-state index is 10.6.